The number of hydroxylamine groups is 1. The normalized spacial score (nSPS) is 16.9. The molecule has 1 aliphatic heterocycles. The standard InChI is InChI=1S/C37H53N7O4/c1-3-41-15-16-42(4-2)18-21-44(22-20-43(19-17-41)23-24-45)28-36(46)39-27-30-9-11-31(12-10-30)29-48-40-37(47)35(38)26-32-13-14-33-7-5-6-8-34(33)25-32/h5-14,24-25,35H,3-4,15-23,26-29,38H2,1-2H3,(H,39,46)(H,40,47)/t35-/m1/s1. The SMILES string of the molecule is CCN1CCN(CC)CCN(CC(=O)NCc2ccc(CONC(=O)[C@H](N)Cc3ccc4ccccc4c3)cc2)CCN(CC=O)CC1. The van der Waals surface area contributed by atoms with Crippen molar-refractivity contribution in [3.8, 4) is 0 Å². The van der Waals surface area contributed by atoms with Crippen molar-refractivity contribution in [1.82, 2.24) is 30.4 Å². The van der Waals surface area contributed by atoms with Crippen molar-refractivity contribution in [2.24, 2.45) is 5.73 Å². The van der Waals surface area contributed by atoms with Gasteiger partial charge in [0, 0.05) is 58.9 Å². The Bertz CT molecular complexity index is 1440. The van der Waals surface area contributed by atoms with Gasteiger partial charge in [-0.25, -0.2) is 5.48 Å². The molecule has 0 aromatic heterocycles. The van der Waals surface area contributed by atoms with E-state index < -0.39 is 6.04 Å². The molecule has 48 heavy (non-hydrogen) atoms. The number of nitrogens with two attached hydrogens (primary N) is 1. The number of nitrogens with one attached hydrogen (secondary N) is 2. The first kappa shape index (κ1) is 37.1. The van der Waals surface area contributed by atoms with Gasteiger partial charge >= 0.3 is 0 Å². The molecule has 260 valence electrons. The molecule has 0 unspecified atom stereocenters. The van der Waals surface area contributed by atoms with E-state index in [0.717, 1.165) is 99.2 Å². The predicted molar refractivity (Wildman–Crippen MR) is 190 cm³/mol. The minimum absolute atomic E-state index is 0.0283. The van der Waals surface area contributed by atoms with Gasteiger partial charge < -0.3 is 25.6 Å². The van der Waals surface area contributed by atoms with Gasteiger partial charge in [0.2, 0.25) is 5.91 Å². The van der Waals surface area contributed by atoms with Gasteiger partial charge in [0.1, 0.15) is 6.29 Å². The smallest absolute Gasteiger partial charge is 0.260 e. The third-order valence-corrected chi connectivity index (χ3v) is 9.05. The number of likely N-dealkylation sites (N-methyl/N-ethyl adjacent to an activating group) is 2. The number of rotatable bonds is 14. The minimum Gasteiger partial charge on any atom is -0.351 e. The number of nitrogens with zero attached hydrogens (tertiary/aromatic N) is 4. The van der Waals surface area contributed by atoms with E-state index in [0.29, 0.717) is 26.1 Å². The van der Waals surface area contributed by atoms with Gasteiger partial charge in [0.05, 0.1) is 25.7 Å². The van der Waals surface area contributed by atoms with Gasteiger partial charge in [-0.15, -0.1) is 0 Å². The molecule has 3 aromatic carbocycles. The van der Waals surface area contributed by atoms with Crippen molar-refractivity contribution in [1.29, 1.82) is 0 Å². The Morgan fingerprint density at radius 2 is 1.33 bits per heavy atom. The molecule has 0 bridgehead atoms. The highest BCUT2D eigenvalue weighted by Gasteiger charge is 2.18. The molecule has 3 aromatic rings. The third-order valence-electron chi connectivity index (χ3n) is 9.05. The molecule has 2 amide bonds. The lowest BCUT2D eigenvalue weighted by Gasteiger charge is -2.33. The van der Waals surface area contributed by atoms with Gasteiger partial charge in [-0.3, -0.25) is 24.2 Å². The van der Waals surface area contributed by atoms with Crippen LogP contribution in [-0.4, -0.2) is 122 Å². The summed E-state index contributed by atoms with van der Waals surface area (Å²) in [4.78, 5) is 51.5. The van der Waals surface area contributed by atoms with E-state index in [9.17, 15) is 14.4 Å². The molecule has 11 nitrogen and oxygen atoms in total. The Kier molecular flexibility index (Phi) is 15.4. The summed E-state index contributed by atoms with van der Waals surface area (Å²) in [5.41, 5.74) is 11.5. The molecule has 1 fully saturated rings. The average Bonchev–Trinajstić information content (AvgIpc) is 3.10. The van der Waals surface area contributed by atoms with Crippen molar-refractivity contribution in [2.45, 2.75) is 39.5 Å². The van der Waals surface area contributed by atoms with Gasteiger partial charge in [0.25, 0.3) is 5.91 Å². The van der Waals surface area contributed by atoms with Crippen molar-refractivity contribution in [3.05, 3.63) is 83.4 Å². The summed E-state index contributed by atoms with van der Waals surface area (Å²) in [6.07, 6.45) is 1.38. The highest BCUT2D eigenvalue weighted by atomic mass is 16.6. The molecule has 4 N–H and O–H groups in total. The number of benzene rings is 3. The fourth-order valence-electron chi connectivity index (χ4n) is 5.85. The van der Waals surface area contributed by atoms with E-state index >= 15 is 0 Å². The highest BCUT2D eigenvalue weighted by molar-refractivity contribution is 5.84. The summed E-state index contributed by atoms with van der Waals surface area (Å²) < 4.78 is 0. The number of carbonyl (C=O) groups excluding carboxylic acids is 3. The zero-order valence-corrected chi connectivity index (χ0v) is 28.6. The van der Waals surface area contributed by atoms with Crippen molar-refractivity contribution in [3.63, 3.8) is 0 Å². The Morgan fingerprint density at radius 3 is 1.96 bits per heavy atom. The molecule has 0 spiro atoms. The van der Waals surface area contributed by atoms with Crippen molar-refractivity contribution >= 4 is 28.9 Å². The highest BCUT2D eigenvalue weighted by Crippen LogP contribution is 2.16. The predicted octanol–water partition coefficient (Wildman–Crippen LogP) is 2.03. The molecule has 0 aliphatic carbocycles. The molecule has 1 saturated heterocycles. The average molecular weight is 660 g/mol. The van der Waals surface area contributed by atoms with Crippen LogP contribution in [0.25, 0.3) is 10.8 Å². The van der Waals surface area contributed by atoms with E-state index in [1.54, 1.807) is 0 Å². The first-order chi connectivity index (χ1) is 23.4. The number of aldehydes is 1. The summed E-state index contributed by atoms with van der Waals surface area (Å²) >= 11 is 0. The summed E-state index contributed by atoms with van der Waals surface area (Å²) in [6, 6.07) is 21.1. The quantitative estimate of drug-likeness (QED) is 0.176. The summed E-state index contributed by atoms with van der Waals surface area (Å²) in [7, 11) is 0. The first-order valence-electron chi connectivity index (χ1n) is 17.2. The Morgan fingerprint density at radius 1 is 0.771 bits per heavy atom. The maximum atomic E-state index is 13.0. The lowest BCUT2D eigenvalue weighted by Crippen LogP contribution is -2.48. The number of hydrogen-bond acceptors (Lipinski definition) is 9. The van der Waals surface area contributed by atoms with Crippen LogP contribution in [0.3, 0.4) is 0 Å². The van der Waals surface area contributed by atoms with Crippen LogP contribution < -0.4 is 16.5 Å². The van der Waals surface area contributed by atoms with Crippen LogP contribution in [0.15, 0.2) is 66.7 Å². The second-order valence-electron chi connectivity index (χ2n) is 12.5. The molecular weight excluding hydrogens is 606 g/mol. The van der Waals surface area contributed by atoms with E-state index in [1.165, 1.54) is 0 Å². The first-order valence-corrected chi connectivity index (χ1v) is 17.2. The molecule has 0 radical (unpaired) electrons. The maximum Gasteiger partial charge on any atom is 0.260 e. The number of carbonyl (C=O) groups is 3. The molecule has 0 saturated carbocycles. The largest absolute Gasteiger partial charge is 0.351 e. The summed E-state index contributed by atoms with van der Waals surface area (Å²) in [5, 5.41) is 5.31. The van der Waals surface area contributed by atoms with Gasteiger partial charge in [-0.1, -0.05) is 80.6 Å². The number of fused-ring (bicyclic) bond motifs is 1. The fourth-order valence-corrected chi connectivity index (χ4v) is 5.85. The molecular formula is C37H53N7O4. The number of hydrogen-bond donors (Lipinski definition) is 3. The lowest BCUT2D eigenvalue weighted by molar-refractivity contribution is -0.135. The van der Waals surface area contributed by atoms with E-state index in [4.69, 9.17) is 10.6 Å². The second-order valence-corrected chi connectivity index (χ2v) is 12.5. The van der Waals surface area contributed by atoms with Crippen LogP contribution >= 0.6 is 0 Å². The molecule has 1 aliphatic rings. The van der Waals surface area contributed by atoms with E-state index in [2.05, 4.69) is 56.4 Å². The van der Waals surface area contributed by atoms with Crippen LogP contribution in [0, 0.1) is 0 Å². The Balaban J connectivity index is 1.19. The van der Waals surface area contributed by atoms with Crippen LogP contribution in [-0.2, 0) is 38.8 Å². The van der Waals surface area contributed by atoms with Crippen LogP contribution in [0.2, 0.25) is 0 Å². The molecule has 4 rings (SSSR count). The summed E-state index contributed by atoms with van der Waals surface area (Å²) in [5.74, 6) is -0.402. The fraction of sp³-hybridized carbons (Fsp3) is 0.486. The molecule has 1 atom stereocenters. The van der Waals surface area contributed by atoms with Gasteiger partial charge in [-0.05, 0) is 47.0 Å². The van der Waals surface area contributed by atoms with Crippen LogP contribution in [0.1, 0.15) is 30.5 Å². The van der Waals surface area contributed by atoms with Gasteiger partial charge in [-0.2, -0.15) is 0 Å². The third kappa shape index (κ3) is 12.4. The minimum atomic E-state index is -0.730. The molecule has 1 heterocycles. The van der Waals surface area contributed by atoms with Gasteiger partial charge in [0.15, 0.2) is 0 Å². The van der Waals surface area contributed by atoms with E-state index in [1.807, 2.05) is 54.6 Å². The molecule has 11 heteroatoms. The zero-order chi connectivity index (χ0) is 34.1. The van der Waals surface area contributed by atoms with E-state index in [-0.39, 0.29) is 18.4 Å². The van der Waals surface area contributed by atoms with Crippen molar-refractivity contribution < 1.29 is 19.2 Å². The monoisotopic (exact) mass is 659 g/mol. The lowest BCUT2D eigenvalue weighted by atomic mass is 10.0. The Hall–Kier alpha value is -3.71. The Labute approximate surface area is 285 Å². The van der Waals surface area contributed by atoms with Crippen LogP contribution in [0.4, 0.5) is 0 Å². The van der Waals surface area contributed by atoms with Crippen LogP contribution in [0.5, 0.6) is 0 Å². The number of amides is 2. The topological polar surface area (TPSA) is 123 Å². The summed E-state index contributed by atoms with van der Waals surface area (Å²) in [6.45, 7) is 14.6. The van der Waals surface area contributed by atoms with Crippen molar-refractivity contribution in [2.75, 3.05) is 78.5 Å². The maximum absolute atomic E-state index is 13.0. The zero-order valence-electron chi connectivity index (χ0n) is 28.6. The second kappa shape index (κ2) is 20.0.